The molecule has 0 aliphatic carbocycles. The van der Waals surface area contributed by atoms with E-state index in [0.29, 0.717) is 6.42 Å². The average Bonchev–Trinajstić information content (AvgIpc) is 2.30. The maximum absolute atomic E-state index is 11.2. The van der Waals surface area contributed by atoms with Crippen molar-refractivity contribution in [3.05, 3.63) is 0 Å². The lowest BCUT2D eigenvalue weighted by Gasteiger charge is -2.26. The molecular weight excluding hydrogens is 156 g/mol. The fourth-order valence-electron chi connectivity index (χ4n) is 1.58. The van der Waals surface area contributed by atoms with Gasteiger partial charge in [-0.05, 0) is 20.3 Å². The van der Waals surface area contributed by atoms with Gasteiger partial charge in [0.15, 0.2) is 0 Å². The third kappa shape index (κ3) is 1.42. The molecule has 1 saturated heterocycles. The van der Waals surface area contributed by atoms with Crippen molar-refractivity contribution in [1.29, 1.82) is 0 Å². The molecule has 1 heterocycles. The van der Waals surface area contributed by atoms with E-state index in [1.165, 1.54) is 0 Å². The SMILES string of the molecule is C[C@@H]1CCC(=O)N1[C@@H](C)C(N)=O. The average molecular weight is 170 g/mol. The van der Waals surface area contributed by atoms with Gasteiger partial charge in [0.25, 0.3) is 0 Å². The van der Waals surface area contributed by atoms with Crippen molar-refractivity contribution in [2.45, 2.75) is 38.8 Å². The zero-order valence-corrected chi connectivity index (χ0v) is 7.41. The van der Waals surface area contributed by atoms with Gasteiger partial charge in [-0.1, -0.05) is 0 Å². The van der Waals surface area contributed by atoms with Gasteiger partial charge < -0.3 is 10.6 Å². The quantitative estimate of drug-likeness (QED) is 0.627. The summed E-state index contributed by atoms with van der Waals surface area (Å²) < 4.78 is 0. The zero-order valence-electron chi connectivity index (χ0n) is 7.41. The van der Waals surface area contributed by atoms with E-state index < -0.39 is 11.9 Å². The van der Waals surface area contributed by atoms with Crippen LogP contribution in [0.5, 0.6) is 0 Å². The van der Waals surface area contributed by atoms with E-state index >= 15 is 0 Å². The van der Waals surface area contributed by atoms with E-state index in [2.05, 4.69) is 0 Å². The highest BCUT2D eigenvalue weighted by atomic mass is 16.2. The first-order valence-electron chi connectivity index (χ1n) is 4.14. The number of nitrogens with zero attached hydrogens (tertiary/aromatic N) is 1. The Hall–Kier alpha value is -1.06. The lowest BCUT2D eigenvalue weighted by Crippen LogP contribution is -2.46. The molecule has 2 amide bonds. The topological polar surface area (TPSA) is 63.4 Å². The first kappa shape index (κ1) is 9.03. The van der Waals surface area contributed by atoms with Crippen LogP contribution in [0.3, 0.4) is 0 Å². The van der Waals surface area contributed by atoms with Gasteiger partial charge >= 0.3 is 0 Å². The lowest BCUT2D eigenvalue weighted by molar-refractivity contribution is -0.136. The summed E-state index contributed by atoms with van der Waals surface area (Å²) >= 11 is 0. The van der Waals surface area contributed by atoms with Gasteiger partial charge in [0.1, 0.15) is 6.04 Å². The van der Waals surface area contributed by atoms with Crippen LogP contribution in [0.15, 0.2) is 0 Å². The summed E-state index contributed by atoms with van der Waals surface area (Å²) in [6, 6.07) is -0.310. The van der Waals surface area contributed by atoms with E-state index in [1.807, 2.05) is 6.92 Å². The summed E-state index contributed by atoms with van der Waals surface area (Å²) in [5, 5.41) is 0. The number of carbonyl (C=O) groups is 2. The van der Waals surface area contributed by atoms with E-state index in [4.69, 9.17) is 5.73 Å². The molecule has 0 bridgehead atoms. The van der Waals surface area contributed by atoms with Crippen LogP contribution in [0, 0.1) is 0 Å². The Kier molecular flexibility index (Phi) is 2.35. The first-order valence-corrected chi connectivity index (χ1v) is 4.14. The molecule has 4 nitrogen and oxygen atoms in total. The van der Waals surface area contributed by atoms with Crippen molar-refractivity contribution in [2.24, 2.45) is 5.73 Å². The predicted octanol–water partition coefficient (Wildman–Crippen LogP) is -0.129. The van der Waals surface area contributed by atoms with Crippen LogP contribution in [0.4, 0.5) is 0 Å². The van der Waals surface area contributed by atoms with Gasteiger partial charge in [0.05, 0.1) is 0 Å². The number of amides is 2. The third-order valence-electron chi connectivity index (χ3n) is 2.37. The maximum atomic E-state index is 11.2. The standard InChI is InChI=1S/C8H14N2O2/c1-5-3-4-7(11)10(5)6(2)8(9)12/h5-6H,3-4H2,1-2H3,(H2,9,12)/t5-,6+/m1/s1. The molecule has 4 heteroatoms. The van der Waals surface area contributed by atoms with Crippen molar-refractivity contribution in [3.8, 4) is 0 Å². The molecule has 0 saturated carbocycles. The smallest absolute Gasteiger partial charge is 0.239 e. The second kappa shape index (κ2) is 3.13. The molecule has 0 radical (unpaired) electrons. The number of likely N-dealkylation sites (tertiary alicyclic amines) is 1. The Morgan fingerprint density at radius 2 is 2.33 bits per heavy atom. The molecule has 1 rings (SSSR count). The number of primary amides is 1. The summed E-state index contributed by atoms with van der Waals surface area (Å²) in [4.78, 5) is 23.6. The minimum Gasteiger partial charge on any atom is -0.368 e. The first-order chi connectivity index (χ1) is 5.54. The molecule has 1 fully saturated rings. The Bertz CT molecular complexity index is 215. The Morgan fingerprint density at radius 3 is 2.67 bits per heavy atom. The van der Waals surface area contributed by atoms with Gasteiger partial charge in [-0.25, -0.2) is 0 Å². The van der Waals surface area contributed by atoms with Gasteiger partial charge in [-0.3, -0.25) is 9.59 Å². The molecule has 2 N–H and O–H groups in total. The second-order valence-corrected chi connectivity index (χ2v) is 3.27. The lowest BCUT2D eigenvalue weighted by atomic mass is 10.2. The Morgan fingerprint density at radius 1 is 1.75 bits per heavy atom. The number of hydrogen-bond donors (Lipinski definition) is 1. The molecule has 0 aromatic carbocycles. The fraction of sp³-hybridized carbons (Fsp3) is 0.750. The fourth-order valence-corrected chi connectivity index (χ4v) is 1.58. The summed E-state index contributed by atoms with van der Waals surface area (Å²) in [6.45, 7) is 3.60. The van der Waals surface area contributed by atoms with Crippen LogP contribution in [0.1, 0.15) is 26.7 Å². The molecule has 12 heavy (non-hydrogen) atoms. The Balaban J connectivity index is 2.72. The van der Waals surface area contributed by atoms with E-state index in [9.17, 15) is 9.59 Å². The number of rotatable bonds is 2. The number of carbonyl (C=O) groups excluding carboxylic acids is 2. The van der Waals surface area contributed by atoms with Crippen molar-refractivity contribution < 1.29 is 9.59 Å². The van der Waals surface area contributed by atoms with Crippen molar-refractivity contribution in [2.75, 3.05) is 0 Å². The van der Waals surface area contributed by atoms with Gasteiger partial charge in [0, 0.05) is 12.5 Å². The zero-order chi connectivity index (χ0) is 9.30. The van der Waals surface area contributed by atoms with Crippen LogP contribution >= 0.6 is 0 Å². The maximum Gasteiger partial charge on any atom is 0.239 e. The Labute approximate surface area is 71.7 Å². The normalized spacial score (nSPS) is 26.0. The summed E-state index contributed by atoms with van der Waals surface area (Å²) in [6.07, 6.45) is 1.37. The molecule has 1 aliphatic heterocycles. The third-order valence-corrected chi connectivity index (χ3v) is 2.37. The predicted molar refractivity (Wildman–Crippen MR) is 44.2 cm³/mol. The van der Waals surface area contributed by atoms with Gasteiger partial charge in [-0.2, -0.15) is 0 Å². The monoisotopic (exact) mass is 170 g/mol. The van der Waals surface area contributed by atoms with Crippen molar-refractivity contribution in [3.63, 3.8) is 0 Å². The van der Waals surface area contributed by atoms with Crippen molar-refractivity contribution in [1.82, 2.24) is 4.90 Å². The minimum atomic E-state index is -0.463. The summed E-state index contributed by atoms with van der Waals surface area (Å²) in [7, 11) is 0. The summed E-state index contributed by atoms with van der Waals surface area (Å²) in [5.74, 6) is -0.397. The molecule has 0 aromatic rings. The highest BCUT2D eigenvalue weighted by Gasteiger charge is 2.33. The molecule has 0 unspecified atom stereocenters. The highest BCUT2D eigenvalue weighted by Crippen LogP contribution is 2.20. The molecular formula is C8H14N2O2. The van der Waals surface area contributed by atoms with E-state index in [-0.39, 0.29) is 11.9 Å². The molecule has 1 aliphatic rings. The minimum absolute atomic E-state index is 0.0359. The molecule has 68 valence electrons. The number of hydrogen-bond acceptors (Lipinski definition) is 2. The molecule has 2 atom stereocenters. The van der Waals surface area contributed by atoms with Gasteiger partial charge in [0.2, 0.25) is 11.8 Å². The van der Waals surface area contributed by atoms with Crippen LogP contribution < -0.4 is 5.73 Å². The number of nitrogens with two attached hydrogens (primary N) is 1. The summed E-state index contributed by atoms with van der Waals surface area (Å²) in [5.41, 5.74) is 5.11. The molecule has 0 aromatic heterocycles. The van der Waals surface area contributed by atoms with Crippen LogP contribution in [0.25, 0.3) is 0 Å². The van der Waals surface area contributed by atoms with Crippen LogP contribution in [-0.4, -0.2) is 28.8 Å². The highest BCUT2D eigenvalue weighted by molar-refractivity contribution is 5.87. The van der Waals surface area contributed by atoms with Crippen LogP contribution in [0.2, 0.25) is 0 Å². The largest absolute Gasteiger partial charge is 0.368 e. The van der Waals surface area contributed by atoms with Gasteiger partial charge in [-0.15, -0.1) is 0 Å². The second-order valence-electron chi connectivity index (χ2n) is 3.27. The van der Waals surface area contributed by atoms with E-state index in [0.717, 1.165) is 6.42 Å². The van der Waals surface area contributed by atoms with Crippen LogP contribution in [-0.2, 0) is 9.59 Å². The van der Waals surface area contributed by atoms with E-state index in [1.54, 1.807) is 11.8 Å². The van der Waals surface area contributed by atoms with Crippen molar-refractivity contribution >= 4 is 11.8 Å². The molecule has 0 spiro atoms.